The Morgan fingerprint density at radius 3 is 3.00 bits per heavy atom. The first kappa shape index (κ1) is 18.4. The highest BCUT2D eigenvalue weighted by molar-refractivity contribution is 7.99. The van der Waals surface area contributed by atoms with E-state index in [0.717, 1.165) is 41.7 Å². The van der Waals surface area contributed by atoms with Crippen molar-refractivity contribution in [2.45, 2.75) is 50.1 Å². The first-order valence-corrected chi connectivity index (χ1v) is 10.5. The summed E-state index contributed by atoms with van der Waals surface area (Å²) in [7, 11) is 0. The fourth-order valence-electron chi connectivity index (χ4n) is 3.01. The summed E-state index contributed by atoms with van der Waals surface area (Å²) in [5, 5.41) is 12.9. The summed E-state index contributed by atoms with van der Waals surface area (Å²) in [6.07, 6.45) is 6.13. The zero-order valence-corrected chi connectivity index (χ0v) is 15.7. The lowest BCUT2D eigenvalue weighted by Gasteiger charge is -2.09. The summed E-state index contributed by atoms with van der Waals surface area (Å²) >= 11 is 3.14. The van der Waals surface area contributed by atoms with Crippen LogP contribution in [-0.2, 0) is 17.6 Å². The van der Waals surface area contributed by atoms with Gasteiger partial charge in [0.15, 0.2) is 5.16 Å². The molecule has 25 heavy (non-hydrogen) atoms. The van der Waals surface area contributed by atoms with Crippen LogP contribution in [0.25, 0.3) is 10.2 Å². The van der Waals surface area contributed by atoms with E-state index >= 15 is 0 Å². The maximum atomic E-state index is 12.4. The average Bonchev–Trinajstić information content (AvgIpc) is 2.98. The second-order valence-electron chi connectivity index (χ2n) is 6.14. The highest BCUT2D eigenvalue weighted by atomic mass is 32.2. The van der Waals surface area contributed by atoms with E-state index in [1.807, 2.05) is 0 Å². The topological polar surface area (TPSA) is 95.1 Å². The molecule has 2 aromatic rings. The molecule has 0 bridgehead atoms. The van der Waals surface area contributed by atoms with Gasteiger partial charge in [-0.05, 0) is 44.1 Å². The Hall–Kier alpha value is -1.38. The van der Waals surface area contributed by atoms with Crippen molar-refractivity contribution >= 4 is 39.2 Å². The van der Waals surface area contributed by atoms with E-state index in [1.54, 1.807) is 11.3 Å². The van der Waals surface area contributed by atoms with Crippen molar-refractivity contribution in [1.82, 2.24) is 15.3 Å². The quantitative estimate of drug-likeness (QED) is 0.370. The third-order valence-corrected chi connectivity index (χ3v) is 6.39. The number of hydrogen-bond acceptors (Lipinski definition) is 6. The average molecular weight is 382 g/mol. The van der Waals surface area contributed by atoms with Crippen LogP contribution in [0.15, 0.2) is 9.95 Å². The highest BCUT2D eigenvalue weighted by Gasteiger charge is 2.19. The van der Waals surface area contributed by atoms with Crippen LogP contribution in [-0.4, -0.2) is 39.9 Å². The molecule has 1 aliphatic rings. The Balaban J connectivity index is 1.56. The smallest absolute Gasteiger partial charge is 0.260 e. The van der Waals surface area contributed by atoms with Gasteiger partial charge in [-0.3, -0.25) is 9.59 Å². The van der Waals surface area contributed by atoms with Gasteiger partial charge in [0, 0.05) is 30.2 Å². The number of aromatic nitrogens is 2. The van der Waals surface area contributed by atoms with Crippen molar-refractivity contribution in [3.05, 3.63) is 20.8 Å². The van der Waals surface area contributed by atoms with E-state index in [-0.39, 0.29) is 18.1 Å². The Bertz CT molecular complexity index is 800. The van der Waals surface area contributed by atoms with Crippen LogP contribution in [0.3, 0.4) is 0 Å². The molecule has 2 heterocycles. The molecule has 0 radical (unpaired) electrons. The van der Waals surface area contributed by atoms with Crippen molar-refractivity contribution in [3.8, 4) is 0 Å². The molecule has 0 atom stereocenters. The number of carbonyl (C=O) groups excluding carboxylic acids is 1. The number of aryl methyl sites for hydroxylation is 2. The van der Waals surface area contributed by atoms with Crippen molar-refractivity contribution in [2.75, 3.05) is 18.9 Å². The molecule has 1 aliphatic carbocycles. The van der Waals surface area contributed by atoms with E-state index in [2.05, 4.69) is 15.3 Å². The second kappa shape index (κ2) is 8.82. The molecule has 3 rings (SSSR count). The summed E-state index contributed by atoms with van der Waals surface area (Å²) in [6.45, 7) is 0.598. The van der Waals surface area contributed by atoms with Crippen LogP contribution in [0, 0.1) is 0 Å². The van der Waals surface area contributed by atoms with Crippen molar-refractivity contribution in [1.29, 1.82) is 0 Å². The van der Waals surface area contributed by atoms with Gasteiger partial charge in [0.2, 0.25) is 5.91 Å². The minimum absolute atomic E-state index is 0.00288. The molecular weight excluding hydrogens is 358 g/mol. The lowest BCUT2D eigenvalue weighted by Crippen LogP contribution is -2.24. The Morgan fingerprint density at radius 1 is 1.32 bits per heavy atom. The molecular formula is C17H23N3O3S2. The molecule has 3 N–H and O–H groups in total. The number of nitrogens with one attached hydrogen (secondary N) is 2. The standard InChI is InChI=1S/C17H23N3O3S2/c21-9-4-8-18-13(22)7-3-10-24-17-19-15(23)14-11-5-1-2-6-12(11)25-16(14)20-17/h21H,1-10H2,(H,18,22)(H,19,20,23). The van der Waals surface area contributed by atoms with Crippen molar-refractivity contribution < 1.29 is 9.90 Å². The van der Waals surface area contributed by atoms with Gasteiger partial charge in [-0.15, -0.1) is 11.3 Å². The Labute approximate surface area is 154 Å². The summed E-state index contributed by atoms with van der Waals surface area (Å²) in [6, 6.07) is 0. The van der Waals surface area contributed by atoms with E-state index < -0.39 is 0 Å². The van der Waals surface area contributed by atoms with Gasteiger partial charge >= 0.3 is 0 Å². The molecule has 0 unspecified atom stereocenters. The van der Waals surface area contributed by atoms with Crippen LogP contribution < -0.4 is 10.9 Å². The number of aliphatic hydroxyl groups excluding tert-OH is 1. The van der Waals surface area contributed by atoms with Gasteiger partial charge in [-0.2, -0.15) is 0 Å². The largest absolute Gasteiger partial charge is 0.396 e. The zero-order valence-electron chi connectivity index (χ0n) is 14.1. The normalized spacial score (nSPS) is 13.8. The van der Waals surface area contributed by atoms with E-state index in [9.17, 15) is 9.59 Å². The van der Waals surface area contributed by atoms with E-state index in [0.29, 0.717) is 24.5 Å². The number of aromatic amines is 1. The van der Waals surface area contributed by atoms with Crippen molar-refractivity contribution in [2.24, 2.45) is 0 Å². The number of H-pyrrole nitrogens is 1. The number of thiophene rings is 1. The van der Waals surface area contributed by atoms with E-state index in [4.69, 9.17) is 5.11 Å². The maximum Gasteiger partial charge on any atom is 0.260 e. The number of nitrogens with zero attached hydrogens (tertiary/aromatic N) is 1. The third kappa shape index (κ3) is 4.62. The number of amides is 1. The minimum atomic E-state index is -0.0337. The molecule has 0 saturated carbocycles. The number of rotatable bonds is 8. The van der Waals surface area contributed by atoms with Gasteiger partial charge in [-0.1, -0.05) is 11.8 Å². The fourth-order valence-corrected chi connectivity index (χ4v) is 5.13. The summed E-state index contributed by atoms with van der Waals surface area (Å²) in [4.78, 5) is 33.7. The second-order valence-corrected chi connectivity index (χ2v) is 8.31. The molecule has 6 nitrogen and oxygen atoms in total. The monoisotopic (exact) mass is 381 g/mol. The predicted molar refractivity (Wildman–Crippen MR) is 102 cm³/mol. The number of aliphatic hydroxyl groups is 1. The lowest BCUT2D eigenvalue weighted by molar-refractivity contribution is -0.121. The molecule has 136 valence electrons. The summed E-state index contributed by atoms with van der Waals surface area (Å²) < 4.78 is 0. The summed E-state index contributed by atoms with van der Waals surface area (Å²) in [5.74, 6) is 0.726. The number of thioether (sulfide) groups is 1. The molecule has 2 aromatic heterocycles. The predicted octanol–water partition coefficient (Wildman–Crippen LogP) is 2.23. The first-order chi connectivity index (χ1) is 12.2. The number of carbonyl (C=O) groups is 1. The molecule has 1 amide bonds. The first-order valence-electron chi connectivity index (χ1n) is 8.74. The van der Waals surface area contributed by atoms with Crippen LogP contribution in [0.2, 0.25) is 0 Å². The minimum Gasteiger partial charge on any atom is -0.396 e. The molecule has 0 aromatic carbocycles. The fraction of sp³-hybridized carbons (Fsp3) is 0.588. The van der Waals surface area contributed by atoms with Gasteiger partial charge < -0.3 is 15.4 Å². The zero-order chi connectivity index (χ0) is 17.6. The third-order valence-electron chi connectivity index (χ3n) is 4.25. The van der Waals surface area contributed by atoms with Gasteiger partial charge in [-0.25, -0.2) is 4.98 Å². The van der Waals surface area contributed by atoms with Crippen LogP contribution in [0.4, 0.5) is 0 Å². The lowest BCUT2D eigenvalue weighted by atomic mass is 9.97. The number of fused-ring (bicyclic) bond motifs is 3. The summed E-state index contributed by atoms with van der Waals surface area (Å²) in [5.41, 5.74) is 1.17. The number of hydrogen-bond donors (Lipinski definition) is 3. The molecule has 0 saturated heterocycles. The van der Waals surface area contributed by atoms with Gasteiger partial charge in [0.25, 0.3) is 5.56 Å². The highest BCUT2D eigenvalue weighted by Crippen LogP contribution is 2.34. The van der Waals surface area contributed by atoms with Crippen LogP contribution in [0.5, 0.6) is 0 Å². The van der Waals surface area contributed by atoms with Crippen LogP contribution in [0.1, 0.15) is 42.5 Å². The molecule has 0 aliphatic heterocycles. The van der Waals surface area contributed by atoms with E-state index in [1.165, 1.54) is 28.6 Å². The molecule has 8 heteroatoms. The van der Waals surface area contributed by atoms with Crippen LogP contribution >= 0.6 is 23.1 Å². The Morgan fingerprint density at radius 2 is 2.16 bits per heavy atom. The SMILES string of the molecule is O=C(CCCSc1nc2sc3c(c2c(=O)[nH]1)CCCC3)NCCCO. The van der Waals surface area contributed by atoms with Gasteiger partial charge in [0.05, 0.1) is 5.39 Å². The maximum absolute atomic E-state index is 12.4. The van der Waals surface area contributed by atoms with Gasteiger partial charge in [0.1, 0.15) is 4.83 Å². The molecule has 0 fully saturated rings. The molecule has 0 spiro atoms. The van der Waals surface area contributed by atoms with Crippen molar-refractivity contribution in [3.63, 3.8) is 0 Å². The Kier molecular flexibility index (Phi) is 6.50.